The molecule has 0 saturated heterocycles. The lowest BCUT2D eigenvalue weighted by Crippen LogP contribution is -2.34. The van der Waals surface area contributed by atoms with Gasteiger partial charge in [0.2, 0.25) is 0 Å². The molecule has 0 aliphatic heterocycles. The lowest BCUT2D eigenvalue weighted by atomic mass is 9.93. The van der Waals surface area contributed by atoms with Crippen molar-refractivity contribution in [3.63, 3.8) is 0 Å². The molecule has 5 nitrogen and oxygen atoms in total. The summed E-state index contributed by atoms with van der Waals surface area (Å²) in [6.07, 6.45) is 3.00. The molecule has 0 aromatic carbocycles. The number of rotatable bonds is 5. The summed E-state index contributed by atoms with van der Waals surface area (Å²) < 4.78 is 10.1. The molecular formula is C11H14O5. The summed E-state index contributed by atoms with van der Waals surface area (Å²) in [7, 11) is 1.47. The number of carboxylic acid groups (broad SMARTS) is 1. The van der Waals surface area contributed by atoms with Crippen molar-refractivity contribution in [1.82, 2.24) is 0 Å². The maximum Gasteiger partial charge on any atom is 0.339 e. The van der Waals surface area contributed by atoms with E-state index < -0.39 is 11.6 Å². The Hall–Kier alpha value is -1.33. The number of furan rings is 1. The van der Waals surface area contributed by atoms with Gasteiger partial charge in [-0.2, -0.15) is 0 Å². The molecule has 2 rings (SSSR count). The second-order valence-corrected chi connectivity index (χ2v) is 4.10. The maximum atomic E-state index is 11.0. The number of carbonyl (C=O) groups is 1. The van der Waals surface area contributed by atoms with Crippen LogP contribution in [-0.4, -0.2) is 29.9 Å². The van der Waals surface area contributed by atoms with Crippen molar-refractivity contribution in [3.8, 4) is 0 Å². The fourth-order valence-corrected chi connectivity index (χ4v) is 1.96. The van der Waals surface area contributed by atoms with E-state index in [-0.39, 0.29) is 23.8 Å². The molecule has 88 valence electrons. The quantitative estimate of drug-likeness (QED) is 0.789. The zero-order valence-electron chi connectivity index (χ0n) is 8.97. The van der Waals surface area contributed by atoms with Gasteiger partial charge in [-0.25, -0.2) is 4.79 Å². The topological polar surface area (TPSA) is 79.9 Å². The average molecular weight is 226 g/mol. The van der Waals surface area contributed by atoms with Crippen LogP contribution in [0.15, 0.2) is 16.7 Å². The van der Waals surface area contributed by atoms with Crippen LogP contribution in [0.3, 0.4) is 0 Å². The normalized spacial score (nSPS) is 19.4. The predicted octanol–water partition coefficient (Wildman–Crippen LogP) is 1.22. The summed E-state index contributed by atoms with van der Waals surface area (Å²) in [6, 6.07) is 1.35. The van der Waals surface area contributed by atoms with Crippen LogP contribution in [-0.2, 0) is 10.3 Å². The van der Waals surface area contributed by atoms with Gasteiger partial charge in [0.15, 0.2) is 5.76 Å². The Bertz CT molecular complexity index is 393. The van der Waals surface area contributed by atoms with Gasteiger partial charge < -0.3 is 19.4 Å². The third-order valence-corrected chi connectivity index (χ3v) is 2.91. The third-order valence-electron chi connectivity index (χ3n) is 2.91. The van der Waals surface area contributed by atoms with Crippen LogP contribution in [0, 0.1) is 5.92 Å². The zero-order chi connectivity index (χ0) is 11.8. The molecule has 1 heterocycles. The van der Waals surface area contributed by atoms with Gasteiger partial charge in [-0.3, -0.25) is 0 Å². The van der Waals surface area contributed by atoms with Gasteiger partial charge in [-0.1, -0.05) is 0 Å². The Morgan fingerprint density at radius 3 is 2.88 bits per heavy atom. The molecule has 16 heavy (non-hydrogen) atoms. The second kappa shape index (κ2) is 3.92. The van der Waals surface area contributed by atoms with Gasteiger partial charge in [0, 0.05) is 7.11 Å². The van der Waals surface area contributed by atoms with E-state index in [1.807, 2.05) is 0 Å². The second-order valence-electron chi connectivity index (χ2n) is 4.10. The molecule has 0 amide bonds. The van der Waals surface area contributed by atoms with Crippen molar-refractivity contribution in [2.45, 2.75) is 18.4 Å². The standard InChI is InChI=1S/C11H14O5/c1-15-6-11(14,7-2-3-7)9-8(10(12)13)4-5-16-9/h4-5,7,14H,2-3,6H2,1H3,(H,12,13). The Morgan fingerprint density at radius 1 is 1.69 bits per heavy atom. The maximum absolute atomic E-state index is 11.0. The molecule has 2 N–H and O–H groups in total. The van der Waals surface area contributed by atoms with Gasteiger partial charge in [-0.15, -0.1) is 0 Å². The first-order chi connectivity index (χ1) is 7.59. The number of hydrogen-bond donors (Lipinski definition) is 2. The van der Waals surface area contributed by atoms with E-state index in [0.29, 0.717) is 0 Å². The van der Waals surface area contributed by atoms with Gasteiger partial charge in [-0.05, 0) is 24.8 Å². The highest BCUT2D eigenvalue weighted by atomic mass is 16.5. The molecule has 1 aromatic rings. The van der Waals surface area contributed by atoms with Crippen LogP contribution in [0.1, 0.15) is 29.0 Å². The van der Waals surface area contributed by atoms with E-state index in [1.165, 1.54) is 19.4 Å². The smallest absolute Gasteiger partial charge is 0.339 e. The molecule has 1 fully saturated rings. The first-order valence-corrected chi connectivity index (χ1v) is 5.12. The van der Waals surface area contributed by atoms with E-state index in [1.54, 1.807) is 0 Å². The van der Waals surface area contributed by atoms with Crippen molar-refractivity contribution in [3.05, 3.63) is 23.7 Å². The lowest BCUT2D eigenvalue weighted by Gasteiger charge is -2.25. The van der Waals surface area contributed by atoms with Crippen LogP contribution in [0.4, 0.5) is 0 Å². The monoisotopic (exact) mass is 226 g/mol. The van der Waals surface area contributed by atoms with E-state index in [4.69, 9.17) is 14.3 Å². The van der Waals surface area contributed by atoms with Crippen molar-refractivity contribution < 1.29 is 24.2 Å². The SMILES string of the molecule is COCC(O)(c1occc1C(=O)O)C1CC1. The molecule has 1 atom stereocenters. The van der Waals surface area contributed by atoms with E-state index in [9.17, 15) is 9.90 Å². The van der Waals surface area contributed by atoms with Crippen LogP contribution < -0.4 is 0 Å². The highest BCUT2D eigenvalue weighted by Crippen LogP contribution is 2.47. The van der Waals surface area contributed by atoms with Crippen molar-refractivity contribution in [1.29, 1.82) is 0 Å². The number of aliphatic hydroxyl groups is 1. The third kappa shape index (κ3) is 1.72. The molecule has 0 spiro atoms. The number of carboxylic acids is 1. The van der Waals surface area contributed by atoms with Crippen LogP contribution in [0.25, 0.3) is 0 Å². The Kier molecular flexibility index (Phi) is 2.73. The van der Waals surface area contributed by atoms with Gasteiger partial charge in [0.05, 0.1) is 12.9 Å². The average Bonchev–Trinajstić information content (AvgIpc) is 2.95. The minimum atomic E-state index is -1.31. The molecule has 1 aliphatic carbocycles. The van der Waals surface area contributed by atoms with Gasteiger partial charge in [0.1, 0.15) is 11.2 Å². The summed E-state index contributed by atoms with van der Waals surface area (Å²) in [5.41, 5.74) is -1.31. The summed E-state index contributed by atoms with van der Waals surface area (Å²) in [5.74, 6) is -0.972. The summed E-state index contributed by atoms with van der Waals surface area (Å²) >= 11 is 0. The minimum absolute atomic E-state index is 0.00597. The lowest BCUT2D eigenvalue weighted by molar-refractivity contribution is -0.0685. The number of aromatic carboxylic acids is 1. The molecule has 0 radical (unpaired) electrons. The molecule has 1 saturated carbocycles. The van der Waals surface area contributed by atoms with Crippen LogP contribution in [0.5, 0.6) is 0 Å². The Balaban J connectivity index is 2.38. The fraction of sp³-hybridized carbons (Fsp3) is 0.545. The van der Waals surface area contributed by atoms with Crippen molar-refractivity contribution in [2.75, 3.05) is 13.7 Å². The van der Waals surface area contributed by atoms with Crippen molar-refractivity contribution in [2.24, 2.45) is 5.92 Å². The van der Waals surface area contributed by atoms with E-state index in [0.717, 1.165) is 12.8 Å². The van der Waals surface area contributed by atoms with Crippen LogP contribution in [0.2, 0.25) is 0 Å². The number of methoxy groups -OCH3 is 1. The largest absolute Gasteiger partial charge is 0.478 e. The highest BCUT2D eigenvalue weighted by molar-refractivity contribution is 5.89. The van der Waals surface area contributed by atoms with E-state index >= 15 is 0 Å². The first kappa shape index (κ1) is 11.2. The summed E-state index contributed by atoms with van der Waals surface area (Å²) in [5, 5.41) is 19.4. The predicted molar refractivity (Wildman–Crippen MR) is 54.2 cm³/mol. The Labute approximate surface area is 92.6 Å². The van der Waals surface area contributed by atoms with Gasteiger partial charge in [0.25, 0.3) is 0 Å². The highest BCUT2D eigenvalue weighted by Gasteiger charge is 2.49. The number of ether oxygens (including phenoxy) is 1. The molecule has 1 aliphatic rings. The minimum Gasteiger partial charge on any atom is -0.478 e. The molecule has 5 heteroatoms. The fourth-order valence-electron chi connectivity index (χ4n) is 1.96. The molecular weight excluding hydrogens is 212 g/mol. The first-order valence-electron chi connectivity index (χ1n) is 5.12. The Morgan fingerprint density at radius 2 is 2.38 bits per heavy atom. The van der Waals surface area contributed by atoms with Gasteiger partial charge >= 0.3 is 5.97 Å². The molecule has 0 bridgehead atoms. The summed E-state index contributed by atoms with van der Waals surface area (Å²) in [6.45, 7) is 0.0471. The zero-order valence-corrected chi connectivity index (χ0v) is 8.97. The summed E-state index contributed by atoms with van der Waals surface area (Å²) in [4.78, 5) is 11.0. The molecule has 1 unspecified atom stereocenters. The molecule has 1 aromatic heterocycles. The van der Waals surface area contributed by atoms with Crippen molar-refractivity contribution >= 4 is 5.97 Å². The van der Waals surface area contributed by atoms with E-state index in [2.05, 4.69) is 0 Å². The van der Waals surface area contributed by atoms with Crippen LogP contribution >= 0.6 is 0 Å². The number of hydrogen-bond acceptors (Lipinski definition) is 4.